The fraction of sp³-hybridized carbons (Fsp3) is 0.248. The summed E-state index contributed by atoms with van der Waals surface area (Å²) >= 11 is 0. The summed E-state index contributed by atoms with van der Waals surface area (Å²) in [6.07, 6.45) is 14.2. The number of fused-ring (bicyclic) bond motifs is 4. The molecule has 5 atom stereocenters. The molecule has 0 spiro atoms. The van der Waals surface area contributed by atoms with E-state index in [1.165, 1.54) is 12.1 Å². The molecule has 4 aliphatic heterocycles. The molecule has 0 saturated carbocycles. The molecule has 4 fully saturated rings. The topological polar surface area (TPSA) is 256 Å². The van der Waals surface area contributed by atoms with Crippen LogP contribution in [0.1, 0.15) is 124 Å². The summed E-state index contributed by atoms with van der Waals surface area (Å²) in [5.74, 6) is 1.45. The maximum absolute atomic E-state index is 14.1. The van der Waals surface area contributed by atoms with E-state index in [4.69, 9.17) is 20.1 Å². The average molecular weight is 1830 g/mol. The first kappa shape index (κ1) is 90.8. The summed E-state index contributed by atoms with van der Waals surface area (Å²) in [6, 6.07) is 78.7. The number of aryl methyl sites for hydroxylation is 1. The molecule has 5 aromatic carbocycles. The predicted molar refractivity (Wildman–Crippen MR) is 511 cm³/mol. The van der Waals surface area contributed by atoms with Gasteiger partial charge in [-0.25, -0.2) is 39.4 Å². The van der Waals surface area contributed by atoms with Crippen LogP contribution in [0.5, 0.6) is 0 Å². The van der Waals surface area contributed by atoms with Crippen molar-refractivity contribution in [3.63, 3.8) is 0 Å². The molecule has 0 radical (unpaired) electrons. The standard InChI is InChI=1S/C28H25N5O.C27H30N6O.2C25H22F3N5O/c34-28(27-26(22-12-5-2-6-13-22)29-25-15-7-8-17-33(25)27)32-18-9-14-23(32)20-31-19-16-24(30-31)21-10-3-1-4-11-21;1-3-20-16-28-27(29-17-20)30-18-22-19(2)10-9-15-32(22)26(34)25-24(21-11-5-4-6-12-21)31-23-13-7-8-14-33(23)25;26-25(27,28)18-11-12-21(29-15-18)30-16-19-9-6-13-32(19)24(34)22-20-10-4-5-14-33(20)31-23(22)17-7-2-1-3-8-17;26-25(27,28)18-11-12-20(29-15-18)30-16-19-9-6-14-32(19)24(34)23-22(17-7-2-1-3-8-17)31-21-10-4-5-13-33(21)23/h1-8,10-13,15-17,19,23H,9,14,18,20H2;4-8,11-14,16-17,19,22H,3,9-10,15,18H2,1-2H3,(H,28,29,30);1-5,7-8,10-12,14-15,19H,6,9,13,16H2,(H,29,30);1-5,7-8,10-13,15,19H,6,9,14,16H2,(H,29,30)/t23-;19-,22-;2*19-/m0100/s1. The van der Waals surface area contributed by atoms with Crippen molar-refractivity contribution in [2.24, 2.45) is 5.92 Å². The van der Waals surface area contributed by atoms with Crippen LogP contribution < -0.4 is 16.0 Å². The highest BCUT2D eigenvalue weighted by atomic mass is 19.4. The highest BCUT2D eigenvalue weighted by Crippen LogP contribution is 2.38. The van der Waals surface area contributed by atoms with Crippen molar-refractivity contribution in [2.75, 3.05) is 61.8 Å². The Morgan fingerprint density at radius 1 is 0.375 bits per heavy atom. The largest absolute Gasteiger partial charge is 0.417 e. The van der Waals surface area contributed by atoms with Crippen molar-refractivity contribution in [3.05, 3.63) is 350 Å². The number of carbonyl (C=O) groups excluding carboxylic acids is 4. The maximum atomic E-state index is 14.1. The molecule has 31 heteroatoms. The number of imidazole rings is 3. The lowest BCUT2D eigenvalue weighted by molar-refractivity contribution is -0.138. The van der Waals surface area contributed by atoms with Crippen LogP contribution >= 0.6 is 0 Å². The van der Waals surface area contributed by atoms with E-state index in [0.717, 1.165) is 163 Å². The smallest absolute Gasteiger partial charge is 0.368 e. The number of nitrogens with zero attached hydrogens (tertiary/aromatic N) is 18. The Kier molecular flexibility index (Phi) is 27.3. The molecule has 0 bridgehead atoms. The monoisotopic (exact) mass is 1830 g/mol. The fourth-order valence-electron chi connectivity index (χ4n) is 18.3. The molecule has 4 amide bonds. The van der Waals surface area contributed by atoms with Crippen molar-refractivity contribution in [1.29, 1.82) is 0 Å². The van der Waals surface area contributed by atoms with E-state index in [2.05, 4.69) is 67.0 Å². The summed E-state index contributed by atoms with van der Waals surface area (Å²) in [7, 11) is 0. The van der Waals surface area contributed by atoms with Crippen LogP contribution in [0.15, 0.2) is 311 Å². The minimum atomic E-state index is -4.43. The third kappa shape index (κ3) is 20.1. The highest BCUT2D eigenvalue weighted by Gasteiger charge is 2.40. The molecule has 0 unspecified atom stereocenters. The van der Waals surface area contributed by atoms with Gasteiger partial charge in [0.15, 0.2) is 0 Å². The molecule has 25 nitrogen and oxygen atoms in total. The van der Waals surface area contributed by atoms with E-state index in [1.807, 2.05) is 299 Å². The second-order valence-electron chi connectivity index (χ2n) is 34.1. The van der Waals surface area contributed by atoms with Gasteiger partial charge in [0, 0.05) is 141 Å². The summed E-state index contributed by atoms with van der Waals surface area (Å²) < 4.78 is 86.0. The van der Waals surface area contributed by atoms with E-state index in [-0.39, 0.29) is 47.8 Å². The SMILES string of the molecule is CCc1cnc(NC[C@@H]2[C@H](C)CCCN2C(=O)c2c(-c3ccccc3)nc3ccccn23)nc1.O=C(c1c(-c2ccccc2)nc2ccccn12)N1CCC[C@H]1CNc1ccc(C(F)(F)F)cn1.O=C(c1c(-c2ccccc2)nc2ccccn12)N1CCC[C@H]1Cn1ccc(-c2ccccc2)n1.O=C(c1c(-c2ccccc2)nn2ccccc12)N1CCC[C@H]1CNc1ccc(C(F)(F)F)cn1. The minimum absolute atomic E-state index is 0.0122. The van der Waals surface area contributed by atoms with Crippen molar-refractivity contribution >= 4 is 63.7 Å². The lowest BCUT2D eigenvalue weighted by Gasteiger charge is -2.40. The van der Waals surface area contributed by atoms with Gasteiger partial charge in [-0.1, -0.05) is 190 Å². The number of nitrogens with one attached hydrogen (secondary N) is 3. The number of carbonyl (C=O) groups is 4. The number of alkyl halides is 6. The van der Waals surface area contributed by atoms with Crippen LogP contribution in [0.2, 0.25) is 0 Å². The summed E-state index contributed by atoms with van der Waals surface area (Å²) in [6.45, 7) is 9.04. The molecular weight excluding hydrogens is 1730 g/mol. The van der Waals surface area contributed by atoms with E-state index in [1.54, 1.807) is 4.52 Å². The molecule has 17 aromatic rings. The maximum Gasteiger partial charge on any atom is 0.417 e. The number of piperidine rings is 1. The number of hydrogen-bond donors (Lipinski definition) is 3. The number of rotatable bonds is 21. The first-order valence-corrected chi connectivity index (χ1v) is 45.8. The number of likely N-dealkylation sites (tertiary alicyclic amines) is 4. The quantitative estimate of drug-likeness (QED) is 0.0565. The highest BCUT2D eigenvalue weighted by molar-refractivity contribution is 6.07. The Morgan fingerprint density at radius 3 is 1.22 bits per heavy atom. The van der Waals surface area contributed by atoms with Gasteiger partial charge in [-0.05, 0) is 148 Å². The Balaban J connectivity index is 0.000000121. The summed E-state index contributed by atoms with van der Waals surface area (Å²) in [5.41, 5.74) is 13.1. The molecule has 4 aliphatic rings. The number of benzene rings is 5. The number of hydrogen-bond acceptors (Lipinski definition) is 16. The second-order valence-corrected chi connectivity index (χ2v) is 34.1. The van der Waals surface area contributed by atoms with Crippen LogP contribution in [0, 0.1) is 5.92 Å². The minimum Gasteiger partial charge on any atom is -0.368 e. The Labute approximate surface area is 780 Å². The lowest BCUT2D eigenvalue weighted by atomic mass is 9.90. The summed E-state index contributed by atoms with van der Waals surface area (Å²) in [4.78, 5) is 94.3. The Hall–Kier alpha value is -15.7. The molecule has 21 rings (SSSR count). The second kappa shape index (κ2) is 40.8. The third-order valence-corrected chi connectivity index (χ3v) is 25.3. The third-order valence-electron chi connectivity index (χ3n) is 25.3. The van der Waals surface area contributed by atoms with Gasteiger partial charge < -0.3 is 35.6 Å². The number of pyridine rings is 6. The van der Waals surface area contributed by atoms with Crippen LogP contribution in [-0.4, -0.2) is 181 Å². The molecule has 0 aliphatic carbocycles. The van der Waals surface area contributed by atoms with Gasteiger partial charge in [-0.3, -0.25) is 37.1 Å². The fourth-order valence-corrected chi connectivity index (χ4v) is 18.3. The first-order chi connectivity index (χ1) is 66.3. The van der Waals surface area contributed by atoms with Crippen LogP contribution in [0.25, 0.3) is 78.7 Å². The zero-order valence-corrected chi connectivity index (χ0v) is 74.8. The zero-order valence-electron chi connectivity index (χ0n) is 74.8. The molecule has 16 heterocycles. The first-order valence-electron chi connectivity index (χ1n) is 45.8. The van der Waals surface area contributed by atoms with Crippen molar-refractivity contribution < 1.29 is 45.5 Å². The molecule has 3 N–H and O–H groups in total. The van der Waals surface area contributed by atoms with Crippen molar-refractivity contribution in [2.45, 2.75) is 115 Å². The molecular formula is C105H99F6N21O4. The van der Waals surface area contributed by atoms with E-state index >= 15 is 0 Å². The average Bonchev–Trinajstić information content (AvgIpc) is 1.62. The summed E-state index contributed by atoms with van der Waals surface area (Å²) in [5, 5.41) is 19.0. The van der Waals surface area contributed by atoms with Crippen LogP contribution in [0.4, 0.5) is 43.9 Å². The van der Waals surface area contributed by atoms with Gasteiger partial charge in [-0.2, -0.15) is 36.5 Å². The number of halogens is 6. The van der Waals surface area contributed by atoms with Gasteiger partial charge in [0.25, 0.3) is 23.6 Å². The lowest BCUT2D eigenvalue weighted by Crippen LogP contribution is -2.51. The molecule has 136 heavy (non-hydrogen) atoms. The molecule has 12 aromatic heterocycles. The van der Waals surface area contributed by atoms with Crippen molar-refractivity contribution in [1.82, 2.24) is 87.1 Å². The van der Waals surface area contributed by atoms with E-state index in [0.29, 0.717) is 102 Å². The van der Waals surface area contributed by atoms with E-state index < -0.39 is 23.5 Å². The van der Waals surface area contributed by atoms with Crippen LogP contribution in [-0.2, 0) is 25.3 Å². The van der Waals surface area contributed by atoms with Crippen LogP contribution in [0.3, 0.4) is 0 Å². The molecule has 4 saturated heterocycles. The van der Waals surface area contributed by atoms with Gasteiger partial charge in [-0.15, -0.1) is 0 Å². The van der Waals surface area contributed by atoms with Gasteiger partial charge in [0.2, 0.25) is 5.95 Å². The zero-order chi connectivity index (χ0) is 93.8. The molecule has 690 valence electrons. The Bertz CT molecular complexity index is 6780. The number of amides is 4. The van der Waals surface area contributed by atoms with Gasteiger partial charge in [0.1, 0.15) is 68.4 Å². The normalized spacial score (nSPS) is 16.6. The predicted octanol–water partition coefficient (Wildman–Crippen LogP) is 20.1. The number of aromatic nitrogens is 14. The Morgan fingerprint density at radius 2 is 0.772 bits per heavy atom. The van der Waals surface area contributed by atoms with Crippen molar-refractivity contribution in [3.8, 4) is 56.3 Å². The van der Waals surface area contributed by atoms with Gasteiger partial charge >= 0.3 is 12.4 Å². The van der Waals surface area contributed by atoms with E-state index in [9.17, 15) is 45.5 Å². The number of anilines is 3. The van der Waals surface area contributed by atoms with Gasteiger partial charge in [0.05, 0.1) is 46.5 Å².